The van der Waals surface area contributed by atoms with Crippen molar-refractivity contribution in [2.75, 3.05) is 0 Å². The Kier molecular flexibility index (Phi) is 187. The summed E-state index contributed by atoms with van der Waals surface area (Å²) >= 11 is 0. The smallest absolute Gasteiger partial charge is 0.336 e. The third-order valence-corrected chi connectivity index (χ3v) is 2.57. The van der Waals surface area contributed by atoms with Gasteiger partial charge >= 0.3 is 35.8 Å². The first-order chi connectivity index (χ1) is 11.6. The number of rotatable bonds is 10. The molecule has 0 saturated carbocycles. The molecule has 36 N–H and O–H groups in total. The summed E-state index contributed by atoms with van der Waals surface area (Å²) in [5.74, 6) is -10.0. The van der Waals surface area contributed by atoms with E-state index in [-0.39, 0.29) is 127 Å². The molecule has 287 valence electrons. The van der Waals surface area contributed by atoms with E-state index in [0.29, 0.717) is 0 Å². The summed E-state index contributed by atoms with van der Waals surface area (Å²) in [6, 6.07) is 0. The minimum Gasteiger partial charge on any atom is -0.481 e. The van der Waals surface area contributed by atoms with Crippen LogP contribution < -0.4 is 0 Å². The Labute approximate surface area is 269 Å². The zero-order chi connectivity index (χ0) is 21.3. The Morgan fingerprint density at radius 3 is 0.465 bits per heavy atom. The van der Waals surface area contributed by atoms with Crippen molar-refractivity contribution in [3.63, 3.8) is 0 Å². The van der Waals surface area contributed by atoms with Gasteiger partial charge in [-0.15, -0.1) is 0 Å². The van der Waals surface area contributed by atoms with Crippen molar-refractivity contribution in [3.8, 4) is 0 Å². The molecule has 0 fully saturated rings. The molecule has 0 unspecified atom stereocenters. The zero-order valence-corrected chi connectivity index (χ0v) is 24.0. The van der Waals surface area contributed by atoms with Gasteiger partial charge in [-0.2, -0.15) is 0 Å². The third kappa shape index (κ3) is 64.0. The maximum Gasteiger partial charge on any atom is 0.336 e. The molecule has 0 atom stereocenters. The predicted molar refractivity (Wildman–Crippen MR) is 125 cm³/mol. The van der Waals surface area contributed by atoms with E-state index in [1.807, 2.05) is 0 Å². The second kappa shape index (κ2) is 59.2. The van der Waals surface area contributed by atoms with Crippen LogP contribution in [0.2, 0.25) is 0 Å². The molecule has 0 aromatic carbocycles. The summed E-state index contributed by atoms with van der Waals surface area (Å²) in [5.41, 5.74) is -5.48. The second-order valence-electron chi connectivity index (χ2n) is 4.96. The summed E-state index contributed by atoms with van der Waals surface area (Å²) in [4.78, 5) is 61.0. The molecular weight excluding hydrogens is 769 g/mol. The fourth-order valence-electron chi connectivity index (χ4n) is 1.43. The van der Waals surface area contributed by atoms with Crippen LogP contribution in [0.3, 0.4) is 0 Å². The van der Waals surface area contributed by atoms with E-state index in [0.717, 1.165) is 0 Å². The van der Waals surface area contributed by atoms with Crippen LogP contribution in [0.4, 0.5) is 0 Å². The first kappa shape index (κ1) is 136. The topological polar surface area (TPSA) is 705 Å². The van der Waals surface area contributed by atoms with E-state index in [9.17, 15) is 28.8 Å². The molecule has 0 aliphatic heterocycles. The van der Waals surface area contributed by atoms with Crippen LogP contribution in [-0.2, 0) is 79.1 Å². The van der Waals surface area contributed by atoms with Gasteiger partial charge in [-0.1, -0.05) is 0 Å². The maximum absolute atomic E-state index is 10.3. The standard InChI is InChI=1S/2C6H8O7.3Co.14H2O/c2*7-3(8)1-6(13,5(11)12)2-4(9)10;;;;;;;;;;;;;;;;;/h2*13H,1-2H2,(H,7,8)(H,9,10)(H,11,12);;;;14*1H2. The van der Waals surface area contributed by atoms with Crippen molar-refractivity contribution < 1.29 is 197 Å². The summed E-state index contributed by atoms with van der Waals surface area (Å²) in [7, 11) is 0. The average Bonchev–Trinajstić information content (AvgIpc) is 2.34. The van der Waals surface area contributed by atoms with Gasteiger partial charge in [0.2, 0.25) is 0 Å². The molecule has 0 aliphatic rings. The number of carboxylic acid groups (broad SMARTS) is 6. The molecule has 28 nitrogen and oxygen atoms in total. The minimum atomic E-state index is -2.74. The van der Waals surface area contributed by atoms with Crippen LogP contribution in [0.5, 0.6) is 0 Å². The van der Waals surface area contributed by atoms with Gasteiger partial charge < -0.3 is 118 Å². The molecule has 43 heavy (non-hydrogen) atoms. The normalized spacial score (nSPS) is 6.56. The number of carbonyl (C=O) groups is 6. The maximum atomic E-state index is 10.3. The molecule has 3 radical (unpaired) electrons. The Hall–Kier alpha value is -2.30. The van der Waals surface area contributed by atoms with Gasteiger partial charge in [-0.25, -0.2) is 9.59 Å². The Balaban J connectivity index is -0.0000000113. The van der Waals surface area contributed by atoms with Crippen LogP contribution in [0.15, 0.2) is 0 Å². The number of aliphatic hydroxyl groups is 2. The molecule has 0 aliphatic carbocycles. The summed E-state index contributed by atoms with van der Waals surface area (Å²) in [5, 5.41) is 67.6. The summed E-state index contributed by atoms with van der Waals surface area (Å²) in [6.07, 6.45) is -4.58. The first-order valence-corrected chi connectivity index (χ1v) is 6.34. The zero-order valence-electron chi connectivity index (χ0n) is 20.9. The molecule has 0 rings (SSSR count). The summed E-state index contributed by atoms with van der Waals surface area (Å²) in [6.45, 7) is 0. The number of hydrogen-bond acceptors (Lipinski definition) is 8. The molecule has 0 amide bonds. The number of hydrogen-bond donors (Lipinski definition) is 8. The molecule has 0 aromatic rings. The van der Waals surface area contributed by atoms with Crippen molar-refractivity contribution >= 4 is 35.8 Å². The van der Waals surface area contributed by atoms with Crippen molar-refractivity contribution in [1.29, 1.82) is 0 Å². The van der Waals surface area contributed by atoms with E-state index in [1.54, 1.807) is 0 Å². The van der Waals surface area contributed by atoms with Crippen LogP contribution in [-0.4, -0.2) is 165 Å². The van der Waals surface area contributed by atoms with Crippen molar-refractivity contribution in [2.24, 2.45) is 0 Å². The first-order valence-electron chi connectivity index (χ1n) is 6.34. The van der Waals surface area contributed by atoms with Crippen molar-refractivity contribution in [3.05, 3.63) is 0 Å². The van der Waals surface area contributed by atoms with Crippen molar-refractivity contribution in [1.82, 2.24) is 0 Å². The van der Waals surface area contributed by atoms with Gasteiger partial charge in [0.25, 0.3) is 0 Å². The Bertz CT molecular complexity index is 532. The van der Waals surface area contributed by atoms with E-state index >= 15 is 0 Å². The van der Waals surface area contributed by atoms with Gasteiger partial charge in [0.05, 0.1) is 25.7 Å². The number of carboxylic acids is 6. The monoisotopic (exact) mass is 813 g/mol. The van der Waals surface area contributed by atoms with Gasteiger partial charge in [-0.05, 0) is 0 Å². The average molecular weight is 813 g/mol. The molecule has 0 spiro atoms. The van der Waals surface area contributed by atoms with Crippen LogP contribution in [0, 0.1) is 0 Å². The molecule has 0 saturated heterocycles. The summed E-state index contributed by atoms with van der Waals surface area (Å²) < 4.78 is 0. The molecule has 31 heteroatoms. The Morgan fingerprint density at radius 1 is 0.326 bits per heavy atom. The van der Waals surface area contributed by atoms with Gasteiger partial charge in [0.1, 0.15) is 0 Å². The fourth-order valence-corrected chi connectivity index (χ4v) is 1.43. The fraction of sp³-hybridized carbons (Fsp3) is 0.500. The minimum absolute atomic E-state index is 0. The SMILES string of the molecule is O.O.O.O.O.O.O.O.O.O.O.O.O.O.O=C(O)CC(O)(CC(=O)O)C(=O)O.O=C(O)CC(O)(CC(=O)O)C(=O)O.[Co].[Co].[Co]. The van der Waals surface area contributed by atoms with Gasteiger partial charge in [-0.3, -0.25) is 19.2 Å². The number of aliphatic carboxylic acids is 6. The van der Waals surface area contributed by atoms with Crippen LogP contribution >= 0.6 is 0 Å². The van der Waals surface area contributed by atoms with Crippen LogP contribution in [0.25, 0.3) is 0 Å². The van der Waals surface area contributed by atoms with Crippen LogP contribution in [0.1, 0.15) is 25.7 Å². The van der Waals surface area contributed by atoms with Crippen molar-refractivity contribution in [2.45, 2.75) is 36.9 Å². The van der Waals surface area contributed by atoms with Gasteiger partial charge in [0.15, 0.2) is 11.2 Å². The Morgan fingerprint density at radius 2 is 0.419 bits per heavy atom. The van der Waals surface area contributed by atoms with Gasteiger partial charge in [0, 0.05) is 50.3 Å². The van der Waals surface area contributed by atoms with E-state index in [2.05, 4.69) is 0 Å². The van der Waals surface area contributed by atoms with E-state index in [4.69, 9.17) is 40.9 Å². The largest absolute Gasteiger partial charge is 0.481 e. The molecule has 0 aromatic heterocycles. The molecular formula is C12H44Co3O28. The van der Waals surface area contributed by atoms with E-state index in [1.165, 1.54) is 0 Å². The van der Waals surface area contributed by atoms with E-state index < -0.39 is 72.7 Å². The molecule has 0 bridgehead atoms. The molecule has 0 heterocycles. The second-order valence-corrected chi connectivity index (χ2v) is 4.96. The quantitative estimate of drug-likeness (QED) is 0.102. The predicted octanol–water partition coefficient (Wildman–Crippen LogP) is -14.1. The third-order valence-electron chi connectivity index (χ3n) is 2.57.